The number of aryl methyl sites for hydroxylation is 2. The second kappa shape index (κ2) is 6.69. The van der Waals surface area contributed by atoms with Gasteiger partial charge in [0.25, 0.3) is 15.9 Å². The molecule has 0 spiro atoms. The van der Waals surface area contributed by atoms with Crippen molar-refractivity contribution in [2.45, 2.75) is 37.6 Å². The van der Waals surface area contributed by atoms with Gasteiger partial charge in [-0.05, 0) is 68.1 Å². The van der Waals surface area contributed by atoms with Gasteiger partial charge in [0.1, 0.15) is 4.90 Å². The summed E-state index contributed by atoms with van der Waals surface area (Å²) in [4.78, 5) is 12.0. The van der Waals surface area contributed by atoms with Crippen LogP contribution >= 0.6 is 11.6 Å². The fourth-order valence-corrected chi connectivity index (χ4v) is 3.94. The van der Waals surface area contributed by atoms with Crippen molar-refractivity contribution < 1.29 is 13.2 Å². The van der Waals surface area contributed by atoms with Gasteiger partial charge in [-0.15, -0.1) is 0 Å². The lowest BCUT2D eigenvalue weighted by atomic mass is 10.1. The first kappa shape index (κ1) is 17.8. The van der Waals surface area contributed by atoms with Gasteiger partial charge < -0.3 is 5.32 Å². The van der Waals surface area contributed by atoms with Crippen LogP contribution in [0.25, 0.3) is 0 Å². The number of anilines is 1. The van der Waals surface area contributed by atoms with E-state index < -0.39 is 10.0 Å². The summed E-state index contributed by atoms with van der Waals surface area (Å²) in [5.74, 6) is -0.290. The van der Waals surface area contributed by atoms with E-state index in [9.17, 15) is 13.2 Å². The van der Waals surface area contributed by atoms with Crippen LogP contribution in [0.2, 0.25) is 5.02 Å². The normalized spacial score (nSPS) is 14.2. The molecule has 0 radical (unpaired) electrons. The van der Waals surface area contributed by atoms with Crippen molar-refractivity contribution in [3.8, 4) is 0 Å². The number of carbonyl (C=O) groups is 1. The summed E-state index contributed by atoms with van der Waals surface area (Å²) in [5, 5.41) is 2.90. The van der Waals surface area contributed by atoms with Gasteiger partial charge in [0.15, 0.2) is 0 Å². The van der Waals surface area contributed by atoms with E-state index in [0.29, 0.717) is 5.69 Å². The molecule has 1 fully saturated rings. The molecule has 0 bridgehead atoms. The van der Waals surface area contributed by atoms with Crippen molar-refractivity contribution in [2.24, 2.45) is 0 Å². The monoisotopic (exact) mass is 378 g/mol. The van der Waals surface area contributed by atoms with Gasteiger partial charge in [-0.25, -0.2) is 8.42 Å². The summed E-state index contributed by atoms with van der Waals surface area (Å²) < 4.78 is 27.9. The van der Waals surface area contributed by atoms with E-state index in [1.54, 1.807) is 12.1 Å². The highest BCUT2D eigenvalue weighted by molar-refractivity contribution is 7.92. The molecule has 2 aromatic carbocycles. The molecule has 2 aromatic rings. The molecular weight excluding hydrogens is 360 g/mol. The molecule has 1 saturated carbocycles. The molecule has 7 heteroatoms. The van der Waals surface area contributed by atoms with Crippen LogP contribution in [0.4, 0.5) is 5.69 Å². The lowest BCUT2D eigenvalue weighted by Gasteiger charge is -2.12. The number of hydrogen-bond donors (Lipinski definition) is 2. The quantitative estimate of drug-likeness (QED) is 0.833. The average molecular weight is 379 g/mol. The first-order valence-electron chi connectivity index (χ1n) is 7.97. The Kier molecular flexibility index (Phi) is 4.75. The Hall–Kier alpha value is -2.05. The van der Waals surface area contributed by atoms with Gasteiger partial charge in [-0.2, -0.15) is 0 Å². The van der Waals surface area contributed by atoms with Gasteiger partial charge >= 0.3 is 0 Å². The Morgan fingerprint density at radius 2 is 1.80 bits per heavy atom. The largest absolute Gasteiger partial charge is 0.349 e. The minimum absolute atomic E-state index is 0.0688. The topological polar surface area (TPSA) is 75.3 Å². The molecule has 0 aromatic heterocycles. The molecule has 25 heavy (non-hydrogen) atoms. The summed E-state index contributed by atoms with van der Waals surface area (Å²) in [6, 6.07) is 9.74. The van der Waals surface area contributed by atoms with E-state index >= 15 is 0 Å². The molecule has 1 amide bonds. The zero-order chi connectivity index (χ0) is 18.2. The van der Waals surface area contributed by atoms with Crippen molar-refractivity contribution in [2.75, 3.05) is 4.72 Å². The molecule has 0 unspecified atom stereocenters. The third-order valence-corrected chi connectivity index (χ3v) is 6.02. The Balaban J connectivity index is 1.89. The van der Waals surface area contributed by atoms with Crippen molar-refractivity contribution in [3.63, 3.8) is 0 Å². The third-order valence-electron chi connectivity index (χ3n) is 4.15. The number of halogens is 1. The van der Waals surface area contributed by atoms with E-state index in [1.165, 1.54) is 18.2 Å². The molecule has 2 N–H and O–H groups in total. The molecule has 5 nitrogen and oxygen atoms in total. The van der Waals surface area contributed by atoms with Gasteiger partial charge in [0, 0.05) is 17.3 Å². The van der Waals surface area contributed by atoms with Crippen LogP contribution in [0.3, 0.4) is 0 Å². The zero-order valence-corrected chi connectivity index (χ0v) is 15.5. The Morgan fingerprint density at radius 1 is 1.08 bits per heavy atom. The lowest BCUT2D eigenvalue weighted by Crippen LogP contribution is -2.25. The zero-order valence-electron chi connectivity index (χ0n) is 14.0. The lowest BCUT2D eigenvalue weighted by molar-refractivity contribution is 0.0951. The van der Waals surface area contributed by atoms with Crippen LogP contribution in [-0.4, -0.2) is 20.4 Å². The summed E-state index contributed by atoms with van der Waals surface area (Å²) >= 11 is 6.08. The van der Waals surface area contributed by atoms with E-state index in [0.717, 1.165) is 24.0 Å². The molecule has 1 aliphatic carbocycles. The molecule has 1 aliphatic rings. The predicted molar refractivity (Wildman–Crippen MR) is 98.7 cm³/mol. The summed E-state index contributed by atoms with van der Waals surface area (Å²) in [7, 11) is -3.90. The van der Waals surface area contributed by atoms with Crippen molar-refractivity contribution >= 4 is 33.2 Å². The first-order valence-corrected chi connectivity index (χ1v) is 9.83. The van der Waals surface area contributed by atoms with Crippen LogP contribution in [0.1, 0.15) is 34.3 Å². The molecular formula is C18H19ClN2O3S. The van der Waals surface area contributed by atoms with Gasteiger partial charge in [0.05, 0.1) is 5.02 Å². The van der Waals surface area contributed by atoms with Crippen LogP contribution < -0.4 is 10.0 Å². The fraction of sp³-hybridized carbons (Fsp3) is 0.278. The van der Waals surface area contributed by atoms with E-state index in [-0.39, 0.29) is 27.4 Å². The van der Waals surface area contributed by atoms with E-state index in [1.807, 2.05) is 19.9 Å². The SMILES string of the molecule is Cc1ccc(NS(=O)(=O)c2cc(C(=O)NC3CC3)ccc2Cl)cc1C. The summed E-state index contributed by atoms with van der Waals surface area (Å²) in [6.45, 7) is 3.86. The number of rotatable bonds is 5. The number of nitrogens with one attached hydrogen (secondary N) is 2. The second-order valence-corrected chi connectivity index (χ2v) is 8.36. The highest BCUT2D eigenvalue weighted by Gasteiger charge is 2.25. The van der Waals surface area contributed by atoms with Crippen LogP contribution in [0.15, 0.2) is 41.3 Å². The molecule has 0 heterocycles. The number of amides is 1. The van der Waals surface area contributed by atoms with Crippen molar-refractivity contribution in [1.82, 2.24) is 5.32 Å². The van der Waals surface area contributed by atoms with E-state index in [2.05, 4.69) is 10.0 Å². The average Bonchev–Trinajstić information content (AvgIpc) is 3.35. The second-order valence-electron chi connectivity index (χ2n) is 6.30. The van der Waals surface area contributed by atoms with Gasteiger partial charge in [-0.1, -0.05) is 17.7 Å². The van der Waals surface area contributed by atoms with Crippen molar-refractivity contribution in [3.05, 3.63) is 58.1 Å². The highest BCUT2D eigenvalue weighted by atomic mass is 35.5. The standard InChI is InChI=1S/C18H19ClN2O3S/c1-11-3-5-15(9-12(11)2)21-25(23,24)17-10-13(4-8-16(17)19)18(22)20-14-6-7-14/h3-5,8-10,14,21H,6-7H2,1-2H3,(H,20,22). The van der Waals surface area contributed by atoms with Gasteiger partial charge in [-0.3, -0.25) is 9.52 Å². The van der Waals surface area contributed by atoms with E-state index in [4.69, 9.17) is 11.6 Å². The molecule has 0 aliphatic heterocycles. The third kappa shape index (κ3) is 4.14. The maximum atomic E-state index is 12.7. The molecule has 3 rings (SSSR count). The van der Waals surface area contributed by atoms with Crippen molar-refractivity contribution in [1.29, 1.82) is 0 Å². The number of carbonyl (C=O) groups excluding carboxylic acids is 1. The van der Waals surface area contributed by atoms with Crippen LogP contribution in [0.5, 0.6) is 0 Å². The fourth-order valence-electron chi connectivity index (χ4n) is 2.36. The Labute approximate surface area is 152 Å². The Morgan fingerprint density at radius 3 is 2.44 bits per heavy atom. The summed E-state index contributed by atoms with van der Waals surface area (Å²) in [5.41, 5.74) is 2.77. The Bertz CT molecular complexity index is 937. The molecule has 132 valence electrons. The smallest absolute Gasteiger partial charge is 0.263 e. The minimum atomic E-state index is -3.90. The maximum absolute atomic E-state index is 12.7. The number of benzene rings is 2. The molecule has 0 atom stereocenters. The number of sulfonamides is 1. The van der Waals surface area contributed by atoms with Crippen LogP contribution in [0, 0.1) is 13.8 Å². The highest BCUT2D eigenvalue weighted by Crippen LogP contribution is 2.26. The maximum Gasteiger partial charge on any atom is 0.263 e. The van der Waals surface area contributed by atoms with Crippen LogP contribution in [-0.2, 0) is 10.0 Å². The first-order chi connectivity index (χ1) is 11.8. The predicted octanol–water partition coefficient (Wildman–Crippen LogP) is 3.65. The number of hydrogen-bond acceptors (Lipinski definition) is 3. The summed E-state index contributed by atoms with van der Waals surface area (Å²) in [6.07, 6.45) is 1.91. The minimum Gasteiger partial charge on any atom is -0.349 e. The molecule has 0 saturated heterocycles. The van der Waals surface area contributed by atoms with Gasteiger partial charge in [0.2, 0.25) is 0 Å².